The Morgan fingerprint density at radius 3 is 2.52 bits per heavy atom. The minimum absolute atomic E-state index is 0.125. The Balaban J connectivity index is 1.76. The molecular formula is C18H20N2O. The predicted octanol–water partition coefficient (Wildman–Crippen LogP) is 2.72. The lowest BCUT2D eigenvalue weighted by Gasteiger charge is -2.24. The Morgan fingerprint density at radius 1 is 1.14 bits per heavy atom. The number of likely N-dealkylation sites (N-methyl/N-ethyl adjacent to an activating group) is 1. The Bertz CT molecular complexity index is 712. The minimum Gasteiger partial charge on any atom is -0.338 e. The van der Waals surface area contributed by atoms with E-state index in [1.807, 2.05) is 26.1 Å². The molecule has 108 valence electrons. The average molecular weight is 280 g/mol. The number of rotatable bonds is 3. The molecule has 2 aromatic rings. The third-order valence-electron chi connectivity index (χ3n) is 4.11. The van der Waals surface area contributed by atoms with Crippen LogP contribution in [0.15, 0.2) is 53.6 Å². The van der Waals surface area contributed by atoms with Crippen LogP contribution in [0, 0.1) is 0 Å². The van der Waals surface area contributed by atoms with E-state index >= 15 is 0 Å². The molecule has 1 aliphatic rings. The van der Waals surface area contributed by atoms with Crippen LogP contribution in [0.25, 0.3) is 10.8 Å². The van der Waals surface area contributed by atoms with Crippen LogP contribution < -0.4 is 5.32 Å². The normalized spacial score (nSPS) is 13.9. The summed E-state index contributed by atoms with van der Waals surface area (Å²) in [6.07, 6.45) is 0. The molecule has 1 saturated heterocycles. The van der Waals surface area contributed by atoms with E-state index < -0.39 is 0 Å². The molecule has 0 radical (unpaired) electrons. The second-order valence-corrected chi connectivity index (χ2v) is 5.67. The average Bonchev–Trinajstić information content (AvgIpc) is 2.44. The van der Waals surface area contributed by atoms with Crippen molar-refractivity contribution in [1.29, 1.82) is 0 Å². The van der Waals surface area contributed by atoms with E-state index in [1.165, 1.54) is 16.3 Å². The molecule has 0 spiro atoms. The molecule has 0 aromatic heterocycles. The van der Waals surface area contributed by atoms with Crippen molar-refractivity contribution in [3.63, 3.8) is 0 Å². The van der Waals surface area contributed by atoms with Crippen molar-refractivity contribution in [2.45, 2.75) is 13.5 Å². The van der Waals surface area contributed by atoms with Crippen LogP contribution in [0.3, 0.4) is 0 Å². The maximum Gasteiger partial charge on any atom is 0.249 e. The molecule has 0 aliphatic carbocycles. The largest absolute Gasteiger partial charge is 0.338 e. The standard InChI is InChI=1S/C18H20N2O/c1-13(17-10-19-11-17)18(21)20(2)12-14-7-8-15-5-3-4-6-16(15)9-14/h3-9,19H,10-12H2,1-2H3. The van der Waals surface area contributed by atoms with Crippen molar-refractivity contribution in [2.24, 2.45) is 0 Å². The van der Waals surface area contributed by atoms with Crippen LogP contribution in [-0.2, 0) is 11.3 Å². The molecule has 0 atom stereocenters. The van der Waals surface area contributed by atoms with E-state index in [0.717, 1.165) is 24.2 Å². The first kappa shape index (κ1) is 13.8. The third-order valence-corrected chi connectivity index (χ3v) is 4.11. The van der Waals surface area contributed by atoms with E-state index in [9.17, 15) is 4.79 Å². The smallest absolute Gasteiger partial charge is 0.249 e. The first-order valence-corrected chi connectivity index (χ1v) is 7.27. The molecule has 1 amide bonds. The van der Waals surface area contributed by atoms with E-state index in [-0.39, 0.29) is 5.91 Å². The van der Waals surface area contributed by atoms with Crippen LogP contribution >= 0.6 is 0 Å². The number of nitrogens with one attached hydrogen (secondary N) is 1. The van der Waals surface area contributed by atoms with E-state index in [2.05, 4.69) is 35.6 Å². The Hall–Kier alpha value is -2.13. The number of nitrogens with zero attached hydrogens (tertiary/aromatic N) is 1. The van der Waals surface area contributed by atoms with Gasteiger partial charge in [0.25, 0.3) is 0 Å². The zero-order valence-electron chi connectivity index (χ0n) is 12.5. The fourth-order valence-electron chi connectivity index (χ4n) is 2.64. The number of carbonyl (C=O) groups is 1. The fourth-order valence-corrected chi connectivity index (χ4v) is 2.64. The molecule has 3 nitrogen and oxygen atoms in total. The molecule has 2 aromatic carbocycles. The molecule has 3 rings (SSSR count). The third kappa shape index (κ3) is 2.83. The highest BCUT2D eigenvalue weighted by Gasteiger charge is 2.18. The van der Waals surface area contributed by atoms with Crippen LogP contribution in [0.4, 0.5) is 0 Å². The van der Waals surface area contributed by atoms with Gasteiger partial charge in [0.05, 0.1) is 0 Å². The molecule has 0 unspecified atom stereocenters. The van der Waals surface area contributed by atoms with Gasteiger partial charge in [-0.2, -0.15) is 0 Å². The summed E-state index contributed by atoms with van der Waals surface area (Å²) in [5.74, 6) is 0.125. The number of hydrogen-bond donors (Lipinski definition) is 1. The second-order valence-electron chi connectivity index (χ2n) is 5.67. The summed E-state index contributed by atoms with van der Waals surface area (Å²) in [4.78, 5) is 14.2. The van der Waals surface area contributed by atoms with Crippen molar-refractivity contribution < 1.29 is 4.79 Å². The van der Waals surface area contributed by atoms with Crippen LogP contribution in [0.1, 0.15) is 12.5 Å². The van der Waals surface area contributed by atoms with Gasteiger partial charge in [-0.15, -0.1) is 0 Å². The highest BCUT2D eigenvalue weighted by Crippen LogP contribution is 2.18. The van der Waals surface area contributed by atoms with Gasteiger partial charge in [0.1, 0.15) is 0 Å². The Labute approximate surface area is 125 Å². The number of fused-ring (bicyclic) bond motifs is 1. The van der Waals surface area contributed by atoms with Gasteiger partial charge in [0.15, 0.2) is 0 Å². The maximum absolute atomic E-state index is 12.4. The van der Waals surface area contributed by atoms with Crippen LogP contribution in [0.5, 0.6) is 0 Å². The molecule has 1 N–H and O–H groups in total. The maximum atomic E-state index is 12.4. The van der Waals surface area contributed by atoms with Gasteiger partial charge >= 0.3 is 0 Å². The zero-order valence-corrected chi connectivity index (χ0v) is 12.5. The summed E-state index contributed by atoms with van der Waals surface area (Å²) in [7, 11) is 1.87. The summed E-state index contributed by atoms with van der Waals surface area (Å²) < 4.78 is 0. The second kappa shape index (κ2) is 5.70. The minimum atomic E-state index is 0.125. The lowest BCUT2D eigenvalue weighted by molar-refractivity contribution is -0.126. The molecule has 0 bridgehead atoms. The summed E-state index contributed by atoms with van der Waals surface area (Å²) in [6.45, 7) is 4.26. The topological polar surface area (TPSA) is 32.3 Å². The van der Waals surface area contributed by atoms with Crippen LogP contribution in [-0.4, -0.2) is 30.9 Å². The molecule has 21 heavy (non-hydrogen) atoms. The van der Waals surface area contributed by atoms with Crippen molar-refractivity contribution in [3.8, 4) is 0 Å². The summed E-state index contributed by atoms with van der Waals surface area (Å²) in [5.41, 5.74) is 3.27. The summed E-state index contributed by atoms with van der Waals surface area (Å²) in [5, 5.41) is 5.62. The predicted molar refractivity (Wildman–Crippen MR) is 86.0 cm³/mol. The monoisotopic (exact) mass is 280 g/mol. The van der Waals surface area contributed by atoms with Crippen molar-refractivity contribution in [2.75, 3.05) is 20.1 Å². The molecule has 1 aliphatic heterocycles. The lowest BCUT2D eigenvalue weighted by Crippen LogP contribution is -2.38. The summed E-state index contributed by atoms with van der Waals surface area (Å²) >= 11 is 0. The van der Waals surface area contributed by atoms with Gasteiger partial charge in [-0.25, -0.2) is 0 Å². The quantitative estimate of drug-likeness (QED) is 0.877. The first-order valence-electron chi connectivity index (χ1n) is 7.27. The van der Waals surface area contributed by atoms with Gasteiger partial charge in [-0.1, -0.05) is 36.4 Å². The van der Waals surface area contributed by atoms with Crippen molar-refractivity contribution in [3.05, 3.63) is 59.2 Å². The van der Waals surface area contributed by atoms with Crippen molar-refractivity contribution >= 4 is 16.7 Å². The van der Waals surface area contributed by atoms with Gasteiger partial charge in [-0.05, 0) is 34.9 Å². The molecule has 1 heterocycles. The lowest BCUT2D eigenvalue weighted by atomic mass is 10.0. The molecule has 3 heteroatoms. The van der Waals surface area contributed by atoms with Crippen molar-refractivity contribution in [1.82, 2.24) is 10.2 Å². The molecule has 1 fully saturated rings. The number of benzene rings is 2. The van der Waals surface area contributed by atoms with E-state index in [0.29, 0.717) is 6.54 Å². The number of carbonyl (C=O) groups excluding carboxylic acids is 1. The highest BCUT2D eigenvalue weighted by atomic mass is 16.2. The first-order chi connectivity index (χ1) is 10.1. The molecule has 0 saturated carbocycles. The van der Waals surface area contributed by atoms with E-state index in [4.69, 9.17) is 0 Å². The highest BCUT2D eigenvalue weighted by molar-refractivity contribution is 5.94. The zero-order chi connectivity index (χ0) is 14.8. The number of hydrogen-bond acceptors (Lipinski definition) is 2. The van der Waals surface area contributed by atoms with Gasteiger partial charge in [0.2, 0.25) is 5.91 Å². The Morgan fingerprint density at radius 2 is 1.86 bits per heavy atom. The number of amides is 1. The SMILES string of the molecule is CC(C(=O)N(C)Cc1ccc2ccccc2c1)=C1CNC1. The van der Waals surface area contributed by atoms with Gasteiger partial charge in [-0.3, -0.25) is 4.79 Å². The fraction of sp³-hybridized carbons (Fsp3) is 0.278. The van der Waals surface area contributed by atoms with Gasteiger partial charge < -0.3 is 10.2 Å². The Kier molecular flexibility index (Phi) is 3.76. The van der Waals surface area contributed by atoms with Gasteiger partial charge in [0, 0.05) is 32.3 Å². The molecular weight excluding hydrogens is 260 g/mol. The summed E-state index contributed by atoms with van der Waals surface area (Å²) in [6, 6.07) is 14.7. The van der Waals surface area contributed by atoms with Crippen LogP contribution in [0.2, 0.25) is 0 Å². The van der Waals surface area contributed by atoms with E-state index in [1.54, 1.807) is 4.90 Å².